The molecule has 4 atom stereocenters. The molecule has 0 radical (unpaired) electrons. The van der Waals surface area contributed by atoms with Crippen LogP contribution in [0.2, 0.25) is 0 Å². The molecular formula is C11H19ClO2. The lowest BCUT2D eigenvalue weighted by Crippen LogP contribution is -2.41. The van der Waals surface area contributed by atoms with Gasteiger partial charge in [-0.05, 0) is 26.2 Å². The van der Waals surface area contributed by atoms with Gasteiger partial charge in [0.2, 0.25) is 0 Å². The van der Waals surface area contributed by atoms with Gasteiger partial charge in [-0.3, -0.25) is 0 Å². The van der Waals surface area contributed by atoms with E-state index in [0.717, 1.165) is 6.42 Å². The molecule has 3 heteroatoms. The van der Waals surface area contributed by atoms with Crippen LogP contribution in [-0.4, -0.2) is 23.9 Å². The average Bonchev–Trinajstić information content (AvgIpc) is 2.44. The van der Waals surface area contributed by atoms with E-state index in [1.165, 1.54) is 0 Å². The van der Waals surface area contributed by atoms with E-state index in [2.05, 4.69) is 27.7 Å². The first-order chi connectivity index (χ1) is 6.25. The molecule has 82 valence electrons. The molecule has 0 aromatic carbocycles. The number of methoxy groups -OCH3 is 1. The predicted molar refractivity (Wildman–Crippen MR) is 56.4 cm³/mol. The average molecular weight is 219 g/mol. The van der Waals surface area contributed by atoms with Crippen LogP contribution in [0.1, 0.15) is 34.1 Å². The van der Waals surface area contributed by atoms with Crippen molar-refractivity contribution < 1.29 is 9.47 Å². The molecule has 4 unspecified atom stereocenters. The van der Waals surface area contributed by atoms with Crippen LogP contribution in [0.25, 0.3) is 0 Å². The van der Waals surface area contributed by atoms with Crippen LogP contribution in [0.3, 0.4) is 0 Å². The van der Waals surface area contributed by atoms with Crippen molar-refractivity contribution >= 4 is 11.6 Å². The van der Waals surface area contributed by atoms with Gasteiger partial charge in [0.25, 0.3) is 0 Å². The van der Waals surface area contributed by atoms with E-state index in [1.54, 1.807) is 7.11 Å². The van der Waals surface area contributed by atoms with E-state index in [9.17, 15) is 0 Å². The molecule has 1 heterocycles. The SMILES string of the molecule is COC1CC2(C)C(C(C)(C)O1)C2(C)Cl. The van der Waals surface area contributed by atoms with Crippen LogP contribution in [0.4, 0.5) is 0 Å². The number of halogens is 1. The van der Waals surface area contributed by atoms with E-state index in [1.807, 2.05) is 0 Å². The highest BCUT2D eigenvalue weighted by molar-refractivity contribution is 6.27. The molecule has 2 fully saturated rings. The third-order valence-electron chi connectivity index (χ3n) is 4.20. The summed E-state index contributed by atoms with van der Waals surface area (Å²) >= 11 is 6.53. The Morgan fingerprint density at radius 2 is 1.86 bits per heavy atom. The first kappa shape index (κ1) is 10.7. The molecule has 1 aliphatic heterocycles. The van der Waals surface area contributed by atoms with Crippen molar-refractivity contribution in [2.75, 3.05) is 7.11 Å². The highest BCUT2D eigenvalue weighted by atomic mass is 35.5. The summed E-state index contributed by atoms with van der Waals surface area (Å²) < 4.78 is 11.2. The summed E-state index contributed by atoms with van der Waals surface area (Å²) in [6, 6.07) is 0. The summed E-state index contributed by atoms with van der Waals surface area (Å²) in [5.41, 5.74) is -0.0127. The van der Waals surface area contributed by atoms with Crippen molar-refractivity contribution in [3.8, 4) is 0 Å². The topological polar surface area (TPSA) is 18.5 Å². The fourth-order valence-corrected chi connectivity index (χ4v) is 4.13. The number of rotatable bonds is 1. The zero-order valence-electron chi connectivity index (χ0n) is 9.56. The van der Waals surface area contributed by atoms with Crippen molar-refractivity contribution in [2.24, 2.45) is 11.3 Å². The van der Waals surface area contributed by atoms with Gasteiger partial charge in [-0.25, -0.2) is 0 Å². The van der Waals surface area contributed by atoms with Crippen LogP contribution in [0, 0.1) is 11.3 Å². The highest BCUT2D eigenvalue weighted by Crippen LogP contribution is 2.74. The van der Waals surface area contributed by atoms with Gasteiger partial charge >= 0.3 is 0 Å². The van der Waals surface area contributed by atoms with Crippen molar-refractivity contribution in [3.05, 3.63) is 0 Å². The second-order valence-electron chi connectivity index (χ2n) is 5.52. The molecule has 1 saturated carbocycles. The number of hydrogen-bond donors (Lipinski definition) is 0. The Labute approximate surface area is 90.9 Å². The first-order valence-electron chi connectivity index (χ1n) is 5.15. The maximum Gasteiger partial charge on any atom is 0.158 e. The fraction of sp³-hybridized carbons (Fsp3) is 1.00. The first-order valence-corrected chi connectivity index (χ1v) is 5.53. The van der Waals surface area contributed by atoms with Gasteiger partial charge in [0.1, 0.15) is 0 Å². The van der Waals surface area contributed by atoms with Gasteiger partial charge in [0.15, 0.2) is 6.29 Å². The summed E-state index contributed by atoms with van der Waals surface area (Å²) in [6.45, 7) is 8.56. The van der Waals surface area contributed by atoms with Crippen molar-refractivity contribution in [2.45, 2.75) is 50.9 Å². The summed E-state index contributed by atoms with van der Waals surface area (Å²) in [5.74, 6) is 0.426. The number of hydrogen-bond acceptors (Lipinski definition) is 2. The minimum atomic E-state index is -0.176. The minimum absolute atomic E-state index is 0.105. The van der Waals surface area contributed by atoms with Gasteiger partial charge in [-0.1, -0.05) is 6.92 Å². The quantitative estimate of drug-likeness (QED) is 0.631. The number of ether oxygens (including phenoxy) is 2. The van der Waals surface area contributed by atoms with Crippen LogP contribution in [0.5, 0.6) is 0 Å². The maximum atomic E-state index is 6.53. The van der Waals surface area contributed by atoms with E-state index in [0.29, 0.717) is 5.92 Å². The van der Waals surface area contributed by atoms with Crippen molar-refractivity contribution in [1.29, 1.82) is 0 Å². The standard InChI is InChI=1S/C11H19ClO2/c1-9(2)8-10(3,11(8,4)12)6-7(13-5)14-9/h7-8H,6H2,1-5H3. The molecule has 1 saturated heterocycles. The summed E-state index contributed by atoms with van der Waals surface area (Å²) in [6.07, 6.45) is 0.796. The number of alkyl halides is 1. The Kier molecular flexibility index (Phi) is 2.04. The molecular weight excluding hydrogens is 200 g/mol. The molecule has 2 rings (SSSR count). The van der Waals surface area contributed by atoms with Crippen LogP contribution in [0.15, 0.2) is 0 Å². The molecule has 1 aliphatic carbocycles. The summed E-state index contributed by atoms with van der Waals surface area (Å²) in [4.78, 5) is -0.135. The van der Waals surface area contributed by atoms with Crippen molar-refractivity contribution in [1.82, 2.24) is 0 Å². The largest absolute Gasteiger partial charge is 0.356 e. The Morgan fingerprint density at radius 3 is 2.29 bits per heavy atom. The molecule has 0 N–H and O–H groups in total. The fourth-order valence-electron chi connectivity index (χ4n) is 3.49. The molecule has 0 spiro atoms. The monoisotopic (exact) mass is 218 g/mol. The summed E-state index contributed by atoms with van der Waals surface area (Å²) in [5, 5.41) is 0. The number of fused-ring (bicyclic) bond motifs is 1. The highest BCUT2D eigenvalue weighted by Gasteiger charge is 2.77. The van der Waals surface area contributed by atoms with Crippen LogP contribution < -0.4 is 0 Å². The van der Waals surface area contributed by atoms with E-state index in [-0.39, 0.29) is 22.2 Å². The lowest BCUT2D eigenvalue weighted by molar-refractivity contribution is -0.227. The van der Waals surface area contributed by atoms with Crippen LogP contribution in [-0.2, 0) is 9.47 Å². The Morgan fingerprint density at radius 1 is 1.29 bits per heavy atom. The van der Waals surface area contributed by atoms with Gasteiger partial charge < -0.3 is 9.47 Å². The lowest BCUT2D eigenvalue weighted by Gasteiger charge is -2.37. The van der Waals surface area contributed by atoms with Gasteiger partial charge in [-0.2, -0.15) is 0 Å². The molecule has 0 aromatic heterocycles. The Bertz CT molecular complexity index is 262. The molecule has 0 amide bonds. The third-order valence-corrected chi connectivity index (χ3v) is 4.85. The molecule has 14 heavy (non-hydrogen) atoms. The summed E-state index contributed by atoms with van der Waals surface area (Å²) in [7, 11) is 1.69. The normalized spacial score (nSPS) is 55.3. The van der Waals surface area contributed by atoms with E-state index < -0.39 is 0 Å². The second kappa shape index (κ2) is 2.66. The molecule has 2 aliphatic rings. The second-order valence-corrected chi connectivity index (χ2v) is 6.30. The third kappa shape index (κ3) is 1.11. The smallest absolute Gasteiger partial charge is 0.158 e. The maximum absolute atomic E-state index is 6.53. The minimum Gasteiger partial charge on any atom is -0.356 e. The Balaban J connectivity index is 2.28. The van der Waals surface area contributed by atoms with Crippen LogP contribution >= 0.6 is 11.6 Å². The van der Waals surface area contributed by atoms with Gasteiger partial charge in [-0.15, -0.1) is 11.6 Å². The lowest BCUT2D eigenvalue weighted by atomic mass is 9.89. The predicted octanol–water partition coefficient (Wildman–Crippen LogP) is 2.79. The molecule has 2 nitrogen and oxygen atoms in total. The van der Waals surface area contributed by atoms with Crippen molar-refractivity contribution in [3.63, 3.8) is 0 Å². The molecule has 0 aromatic rings. The van der Waals surface area contributed by atoms with Gasteiger partial charge in [0, 0.05) is 19.4 Å². The zero-order chi connectivity index (χ0) is 10.8. The Hall–Kier alpha value is 0.210. The van der Waals surface area contributed by atoms with Gasteiger partial charge in [0.05, 0.1) is 10.5 Å². The molecule has 0 bridgehead atoms. The van der Waals surface area contributed by atoms with E-state index in [4.69, 9.17) is 21.1 Å². The van der Waals surface area contributed by atoms with E-state index >= 15 is 0 Å². The zero-order valence-corrected chi connectivity index (χ0v) is 10.3.